The van der Waals surface area contributed by atoms with Crippen LogP contribution in [0.2, 0.25) is 0 Å². The number of phenolic OH excluding ortho intramolecular Hbond substituents is 1. The van der Waals surface area contributed by atoms with Crippen LogP contribution >= 0.6 is 0 Å². The van der Waals surface area contributed by atoms with Crippen molar-refractivity contribution in [2.45, 2.75) is 32.6 Å². The van der Waals surface area contributed by atoms with Crippen LogP contribution in [0.4, 0.5) is 0 Å². The van der Waals surface area contributed by atoms with Gasteiger partial charge in [-0.1, -0.05) is 56.2 Å². The van der Waals surface area contributed by atoms with E-state index in [1.807, 2.05) is 45.4 Å². The predicted octanol–water partition coefficient (Wildman–Crippen LogP) is 3.78. The van der Waals surface area contributed by atoms with Crippen LogP contribution < -0.4 is 11.2 Å². The highest BCUT2D eigenvalue weighted by Gasteiger charge is 2.26. The smallest absolute Gasteiger partial charge is 0.332 e. The van der Waals surface area contributed by atoms with Crippen molar-refractivity contribution in [2.75, 3.05) is 0 Å². The highest BCUT2D eigenvalue weighted by atomic mass is 16.3. The lowest BCUT2D eigenvalue weighted by Gasteiger charge is -2.12. The summed E-state index contributed by atoms with van der Waals surface area (Å²) in [6.07, 6.45) is 3.80. The molecule has 0 spiro atoms. The molecule has 5 aromatic rings. The number of aryl methyl sites for hydroxylation is 2. The minimum atomic E-state index is -0.419. The van der Waals surface area contributed by atoms with Crippen molar-refractivity contribution in [3.63, 3.8) is 0 Å². The molecule has 0 bridgehead atoms. The molecule has 0 aliphatic heterocycles. The van der Waals surface area contributed by atoms with Gasteiger partial charge < -0.3 is 5.11 Å². The lowest BCUT2D eigenvalue weighted by molar-refractivity contribution is 0.475. The Morgan fingerprint density at radius 3 is 2.41 bits per heavy atom. The molecule has 1 N–H and O–H groups in total. The fourth-order valence-electron chi connectivity index (χ4n) is 4.67. The van der Waals surface area contributed by atoms with Gasteiger partial charge in [0, 0.05) is 25.7 Å². The number of hydrogen-bond donors (Lipinski definition) is 1. The van der Waals surface area contributed by atoms with E-state index in [4.69, 9.17) is 4.98 Å². The standard InChI is InChI=1S/C26H27N5O3/c1-4-5-7-15-20-21(17-11-8-6-9-12-17)30(18-13-10-14-19(32)16-18)25-27-23-22(31(20)25)24(33)29(3)26(34)28(23)2/h6,8-14,16,32H,4-5,7,15H2,1-3H3. The van der Waals surface area contributed by atoms with Crippen LogP contribution in [0.1, 0.15) is 31.9 Å². The summed E-state index contributed by atoms with van der Waals surface area (Å²) in [4.78, 5) is 30.8. The second-order valence-corrected chi connectivity index (χ2v) is 8.60. The first kappa shape index (κ1) is 21.8. The molecule has 0 saturated carbocycles. The maximum Gasteiger partial charge on any atom is 0.332 e. The first-order valence-corrected chi connectivity index (χ1v) is 11.5. The number of aromatic hydroxyl groups is 1. The number of benzene rings is 2. The molecule has 0 saturated heterocycles. The number of fused-ring (bicyclic) bond motifs is 3. The summed E-state index contributed by atoms with van der Waals surface area (Å²) in [6, 6.07) is 17.0. The molecule has 174 valence electrons. The third-order valence-electron chi connectivity index (χ3n) is 6.36. The van der Waals surface area contributed by atoms with Gasteiger partial charge in [-0.25, -0.2) is 4.79 Å². The average molecular weight is 458 g/mol. The van der Waals surface area contributed by atoms with Crippen LogP contribution in [0.15, 0.2) is 64.2 Å². The molecule has 2 aromatic carbocycles. The number of imidazole rings is 2. The number of aromatic nitrogens is 5. The number of hydrogen-bond acceptors (Lipinski definition) is 4. The largest absolute Gasteiger partial charge is 0.508 e. The molecule has 5 rings (SSSR count). The van der Waals surface area contributed by atoms with E-state index in [1.54, 1.807) is 25.2 Å². The Balaban J connectivity index is 2.01. The lowest BCUT2D eigenvalue weighted by Crippen LogP contribution is -2.37. The average Bonchev–Trinajstić information content (AvgIpc) is 3.37. The van der Waals surface area contributed by atoms with Crippen LogP contribution in [0.3, 0.4) is 0 Å². The van der Waals surface area contributed by atoms with Crippen LogP contribution in [-0.4, -0.2) is 28.2 Å². The zero-order valence-corrected chi connectivity index (χ0v) is 19.5. The Kier molecular flexibility index (Phi) is 5.36. The second-order valence-electron chi connectivity index (χ2n) is 8.60. The molecule has 3 heterocycles. The maximum absolute atomic E-state index is 13.3. The van der Waals surface area contributed by atoms with E-state index in [2.05, 4.69) is 6.92 Å². The normalized spacial score (nSPS) is 11.6. The summed E-state index contributed by atoms with van der Waals surface area (Å²) in [5.41, 5.74) is 3.50. The van der Waals surface area contributed by atoms with Crippen molar-refractivity contribution in [3.8, 4) is 22.7 Å². The second kappa shape index (κ2) is 8.37. The minimum absolute atomic E-state index is 0.135. The summed E-state index contributed by atoms with van der Waals surface area (Å²) in [5.74, 6) is 0.666. The highest BCUT2D eigenvalue weighted by molar-refractivity contribution is 5.81. The SMILES string of the molecule is CCCCCc1c(-c2ccccc2)n(-c2cccc(O)c2)c2nc3c(c(=O)n(C)c(=O)n3C)n12. The molecule has 0 atom stereocenters. The fourth-order valence-corrected chi connectivity index (χ4v) is 4.67. The topological polar surface area (TPSA) is 86.5 Å². The summed E-state index contributed by atoms with van der Waals surface area (Å²) in [5, 5.41) is 10.2. The van der Waals surface area contributed by atoms with Crippen molar-refractivity contribution < 1.29 is 5.11 Å². The molecule has 0 unspecified atom stereocenters. The summed E-state index contributed by atoms with van der Waals surface area (Å²) in [7, 11) is 3.12. The van der Waals surface area contributed by atoms with Gasteiger partial charge in [0.15, 0.2) is 11.2 Å². The van der Waals surface area contributed by atoms with Crippen LogP contribution in [-0.2, 0) is 20.5 Å². The molecule has 0 radical (unpaired) electrons. The van der Waals surface area contributed by atoms with E-state index >= 15 is 0 Å². The molecule has 3 aromatic heterocycles. The summed E-state index contributed by atoms with van der Waals surface area (Å²) in [6.45, 7) is 2.16. The van der Waals surface area contributed by atoms with E-state index in [1.165, 1.54) is 11.6 Å². The molecule has 0 amide bonds. The van der Waals surface area contributed by atoms with E-state index in [0.717, 1.165) is 52.9 Å². The molecule has 8 heteroatoms. The zero-order chi connectivity index (χ0) is 24.0. The quantitative estimate of drug-likeness (QED) is 0.393. The molecule has 8 nitrogen and oxygen atoms in total. The van der Waals surface area contributed by atoms with Gasteiger partial charge in [0.25, 0.3) is 5.56 Å². The van der Waals surface area contributed by atoms with Gasteiger partial charge in [0.2, 0.25) is 5.78 Å². The van der Waals surface area contributed by atoms with E-state index in [9.17, 15) is 14.7 Å². The Bertz CT molecular complexity index is 1640. The molecular weight excluding hydrogens is 430 g/mol. The number of rotatable bonds is 6. The van der Waals surface area contributed by atoms with Crippen molar-refractivity contribution in [1.29, 1.82) is 0 Å². The Morgan fingerprint density at radius 1 is 0.941 bits per heavy atom. The van der Waals surface area contributed by atoms with Crippen LogP contribution in [0.5, 0.6) is 5.75 Å². The van der Waals surface area contributed by atoms with E-state index in [-0.39, 0.29) is 11.3 Å². The molecule has 34 heavy (non-hydrogen) atoms. The number of unbranched alkanes of at least 4 members (excludes halogenated alkanes) is 2. The highest BCUT2D eigenvalue weighted by Crippen LogP contribution is 2.34. The first-order chi connectivity index (χ1) is 16.4. The predicted molar refractivity (Wildman–Crippen MR) is 133 cm³/mol. The number of nitrogens with zero attached hydrogens (tertiary/aromatic N) is 5. The Morgan fingerprint density at radius 2 is 1.71 bits per heavy atom. The Hall–Kier alpha value is -4.07. The first-order valence-electron chi connectivity index (χ1n) is 11.5. The number of phenols is 1. The van der Waals surface area contributed by atoms with Crippen molar-refractivity contribution in [1.82, 2.24) is 23.1 Å². The monoisotopic (exact) mass is 457 g/mol. The van der Waals surface area contributed by atoms with Gasteiger partial charge >= 0.3 is 5.69 Å². The van der Waals surface area contributed by atoms with Crippen LogP contribution in [0.25, 0.3) is 33.9 Å². The van der Waals surface area contributed by atoms with E-state index < -0.39 is 5.69 Å². The lowest BCUT2D eigenvalue weighted by atomic mass is 10.1. The molecule has 0 aliphatic rings. The van der Waals surface area contributed by atoms with Gasteiger partial charge in [0.1, 0.15) is 5.75 Å². The van der Waals surface area contributed by atoms with E-state index in [0.29, 0.717) is 16.9 Å². The van der Waals surface area contributed by atoms with Gasteiger partial charge in [-0.15, -0.1) is 0 Å². The molecule has 0 aliphatic carbocycles. The van der Waals surface area contributed by atoms with Gasteiger partial charge in [-0.3, -0.25) is 22.9 Å². The Labute approximate surface area is 196 Å². The van der Waals surface area contributed by atoms with Gasteiger partial charge in [-0.05, 0) is 25.0 Å². The molecule has 0 fully saturated rings. The third-order valence-corrected chi connectivity index (χ3v) is 6.36. The van der Waals surface area contributed by atoms with Gasteiger partial charge in [-0.2, -0.15) is 4.98 Å². The minimum Gasteiger partial charge on any atom is -0.508 e. The van der Waals surface area contributed by atoms with Crippen molar-refractivity contribution >= 4 is 16.9 Å². The molecular formula is C26H27N5O3. The van der Waals surface area contributed by atoms with Gasteiger partial charge in [0.05, 0.1) is 17.1 Å². The van der Waals surface area contributed by atoms with Crippen molar-refractivity contribution in [3.05, 3.63) is 81.1 Å². The maximum atomic E-state index is 13.3. The third kappa shape index (κ3) is 3.25. The fraction of sp³-hybridized carbons (Fsp3) is 0.269. The van der Waals surface area contributed by atoms with Crippen molar-refractivity contribution in [2.24, 2.45) is 14.1 Å². The van der Waals surface area contributed by atoms with Crippen LogP contribution in [0, 0.1) is 0 Å². The summed E-state index contributed by atoms with van der Waals surface area (Å²) >= 11 is 0. The summed E-state index contributed by atoms with van der Waals surface area (Å²) < 4.78 is 6.41. The zero-order valence-electron chi connectivity index (χ0n) is 19.5.